The van der Waals surface area contributed by atoms with Crippen molar-refractivity contribution in [2.45, 2.75) is 37.8 Å². The Bertz CT molecular complexity index is 415. The summed E-state index contributed by atoms with van der Waals surface area (Å²) in [6.45, 7) is 2.36. The molecule has 2 unspecified atom stereocenters. The molecule has 98 valence electrons. The second-order valence-corrected chi connectivity index (χ2v) is 5.40. The highest BCUT2D eigenvalue weighted by Gasteiger charge is 2.31. The van der Waals surface area contributed by atoms with Gasteiger partial charge in [0.15, 0.2) is 0 Å². The molecule has 0 amide bonds. The number of halogens is 1. The molecule has 3 N–H and O–H groups in total. The summed E-state index contributed by atoms with van der Waals surface area (Å²) >= 11 is 0. The lowest BCUT2D eigenvalue weighted by Gasteiger charge is -2.35. The molecule has 4 heteroatoms. The topological polar surface area (TPSA) is 41.3 Å². The number of piperidine rings is 1. The third kappa shape index (κ3) is 2.17. The second kappa shape index (κ2) is 4.76. The molecule has 0 saturated carbocycles. The van der Waals surface area contributed by atoms with E-state index in [1.165, 1.54) is 25.5 Å². The molecule has 18 heavy (non-hydrogen) atoms. The third-order valence-electron chi connectivity index (χ3n) is 4.21. The summed E-state index contributed by atoms with van der Waals surface area (Å²) in [5.41, 5.74) is 6.82. The van der Waals surface area contributed by atoms with Crippen molar-refractivity contribution >= 4 is 11.4 Å². The maximum Gasteiger partial charge on any atom is 0.148 e. The van der Waals surface area contributed by atoms with Gasteiger partial charge in [-0.3, -0.25) is 0 Å². The lowest BCUT2D eigenvalue weighted by atomic mass is 9.97. The first-order chi connectivity index (χ1) is 8.74. The summed E-state index contributed by atoms with van der Waals surface area (Å²) in [6, 6.07) is 5.89. The summed E-state index contributed by atoms with van der Waals surface area (Å²) in [5.74, 6) is -0.246. The molecular formula is C14H20FN3. The van der Waals surface area contributed by atoms with E-state index >= 15 is 0 Å². The molecule has 1 aromatic rings. The van der Waals surface area contributed by atoms with Crippen molar-refractivity contribution in [2.24, 2.45) is 0 Å². The summed E-state index contributed by atoms with van der Waals surface area (Å²) in [7, 11) is 0. The number of hydrogen-bond acceptors (Lipinski definition) is 3. The van der Waals surface area contributed by atoms with E-state index in [0.29, 0.717) is 23.5 Å². The van der Waals surface area contributed by atoms with Gasteiger partial charge in [-0.2, -0.15) is 0 Å². The van der Waals surface area contributed by atoms with Crippen molar-refractivity contribution in [1.82, 2.24) is 4.90 Å². The standard InChI is InChI=1S/C14H20FN3/c15-12-4-1-5-13(16)14(12)17-10-6-8-18-7-2-3-11(18)9-10/h1,4-5,10-11,17H,2-3,6-9,16H2. The van der Waals surface area contributed by atoms with Crippen LogP contribution in [0.4, 0.5) is 15.8 Å². The van der Waals surface area contributed by atoms with Crippen LogP contribution in [0.3, 0.4) is 0 Å². The maximum absolute atomic E-state index is 13.7. The van der Waals surface area contributed by atoms with Crippen LogP contribution in [-0.2, 0) is 0 Å². The van der Waals surface area contributed by atoms with Crippen LogP contribution in [0.1, 0.15) is 25.7 Å². The summed E-state index contributed by atoms with van der Waals surface area (Å²) in [4.78, 5) is 2.56. The van der Waals surface area contributed by atoms with Crippen molar-refractivity contribution in [3.05, 3.63) is 24.0 Å². The van der Waals surface area contributed by atoms with Gasteiger partial charge in [0, 0.05) is 18.6 Å². The van der Waals surface area contributed by atoms with Gasteiger partial charge in [0.1, 0.15) is 5.82 Å². The van der Waals surface area contributed by atoms with Crippen LogP contribution in [0.5, 0.6) is 0 Å². The number of nitrogens with two attached hydrogens (primary N) is 1. The molecule has 0 aromatic heterocycles. The van der Waals surface area contributed by atoms with E-state index in [1.807, 2.05) is 0 Å². The van der Waals surface area contributed by atoms with Crippen LogP contribution in [0.25, 0.3) is 0 Å². The quantitative estimate of drug-likeness (QED) is 0.791. The fourth-order valence-corrected chi connectivity index (χ4v) is 3.25. The van der Waals surface area contributed by atoms with Crippen LogP contribution < -0.4 is 11.1 Å². The highest BCUT2D eigenvalue weighted by Crippen LogP contribution is 2.30. The van der Waals surface area contributed by atoms with Crippen LogP contribution in [0.2, 0.25) is 0 Å². The van der Waals surface area contributed by atoms with E-state index in [9.17, 15) is 4.39 Å². The molecule has 2 atom stereocenters. The molecule has 2 heterocycles. The molecule has 3 rings (SSSR count). The zero-order valence-electron chi connectivity index (χ0n) is 10.5. The Balaban J connectivity index is 1.69. The van der Waals surface area contributed by atoms with Gasteiger partial charge < -0.3 is 16.0 Å². The van der Waals surface area contributed by atoms with Gasteiger partial charge in [0.05, 0.1) is 11.4 Å². The number of rotatable bonds is 2. The van der Waals surface area contributed by atoms with Crippen LogP contribution in [-0.4, -0.2) is 30.1 Å². The normalized spacial score (nSPS) is 28.1. The van der Waals surface area contributed by atoms with E-state index < -0.39 is 0 Å². The smallest absolute Gasteiger partial charge is 0.148 e. The first kappa shape index (κ1) is 11.8. The van der Waals surface area contributed by atoms with E-state index in [-0.39, 0.29) is 5.82 Å². The molecule has 2 aliphatic rings. The van der Waals surface area contributed by atoms with Gasteiger partial charge in [-0.1, -0.05) is 6.07 Å². The average molecular weight is 249 g/mol. The van der Waals surface area contributed by atoms with E-state index in [0.717, 1.165) is 19.4 Å². The number of anilines is 2. The first-order valence-electron chi connectivity index (χ1n) is 6.78. The first-order valence-corrected chi connectivity index (χ1v) is 6.78. The number of benzene rings is 1. The van der Waals surface area contributed by atoms with Gasteiger partial charge in [-0.15, -0.1) is 0 Å². The van der Waals surface area contributed by atoms with Crippen LogP contribution in [0, 0.1) is 5.82 Å². The van der Waals surface area contributed by atoms with Crippen molar-refractivity contribution in [2.75, 3.05) is 24.1 Å². The van der Waals surface area contributed by atoms with E-state index in [2.05, 4.69) is 10.2 Å². The van der Waals surface area contributed by atoms with Gasteiger partial charge >= 0.3 is 0 Å². The molecule has 1 aromatic carbocycles. The molecule has 0 bridgehead atoms. The minimum atomic E-state index is -0.246. The lowest BCUT2D eigenvalue weighted by molar-refractivity contribution is 0.188. The van der Waals surface area contributed by atoms with Crippen molar-refractivity contribution in [1.29, 1.82) is 0 Å². The Labute approximate surface area is 107 Å². The van der Waals surface area contributed by atoms with Crippen LogP contribution >= 0.6 is 0 Å². The molecule has 0 radical (unpaired) electrons. The Morgan fingerprint density at radius 2 is 2.17 bits per heavy atom. The number of hydrogen-bond donors (Lipinski definition) is 2. The second-order valence-electron chi connectivity index (χ2n) is 5.40. The lowest BCUT2D eigenvalue weighted by Crippen LogP contribution is -2.42. The third-order valence-corrected chi connectivity index (χ3v) is 4.21. The summed E-state index contributed by atoms with van der Waals surface area (Å²) < 4.78 is 13.7. The number of nitrogens with one attached hydrogen (secondary N) is 1. The number of fused-ring (bicyclic) bond motifs is 1. The molecule has 0 aliphatic carbocycles. The van der Waals surface area contributed by atoms with E-state index in [4.69, 9.17) is 5.73 Å². The zero-order valence-corrected chi connectivity index (χ0v) is 10.5. The maximum atomic E-state index is 13.7. The highest BCUT2D eigenvalue weighted by atomic mass is 19.1. The predicted molar refractivity (Wildman–Crippen MR) is 72.1 cm³/mol. The Hall–Kier alpha value is -1.29. The summed E-state index contributed by atoms with van der Waals surface area (Å²) in [5, 5.41) is 3.30. The van der Waals surface area contributed by atoms with Gasteiger partial charge in [0.2, 0.25) is 0 Å². The summed E-state index contributed by atoms with van der Waals surface area (Å²) in [6.07, 6.45) is 4.77. The fraction of sp³-hybridized carbons (Fsp3) is 0.571. The Kier molecular flexibility index (Phi) is 3.12. The zero-order chi connectivity index (χ0) is 12.5. The van der Waals surface area contributed by atoms with Crippen molar-refractivity contribution < 1.29 is 4.39 Å². The molecule has 2 fully saturated rings. The fourth-order valence-electron chi connectivity index (χ4n) is 3.25. The van der Waals surface area contributed by atoms with Crippen LogP contribution in [0.15, 0.2) is 18.2 Å². The molecular weight excluding hydrogens is 229 g/mol. The number of nitrogen functional groups attached to an aromatic ring is 1. The number of nitrogens with zero attached hydrogens (tertiary/aromatic N) is 1. The molecule has 3 nitrogen and oxygen atoms in total. The molecule has 2 saturated heterocycles. The van der Waals surface area contributed by atoms with Crippen molar-refractivity contribution in [3.63, 3.8) is 0 Å². The van der Waals surface area contributed by atoms with Crippen molar-refractivity contribution in [3.8, 4) is 0 Å². The van der Waals surface area contributed by atoms with Gasteiger partial charge in [0.25, 0.3) is 0 Å². The Morgan fingerprint density at radius 3 is 3.00 bits per heavy atom. The predicted octanol–water partition coefficient (Wildman–Crippen LogP) is 2.45. The minimum Gasteiger partial charge on any atom is -0.397 e. The van der Waals surface area contributed by atoms with Gasteiger partial charge in [-0.25, -0.2) is 4.39 Å². The molecule has 2 aliphatic heterocycles. The SMILES string of the molecule is Nc1cccc(F)c1NC1CCN2CCCC2C1. The Morgan fingerprint density at radius 1 is 1.28 bits per heavy atom. The highest BCUT2D eigenvalue weighted by molar-refractivity contribution is 5.66. The largest absolute Gasteiger partial charge is 0.397 e. The molecule has 0 spiro atoms. The number of para-hydroxylation sites is 1. The van der Waals surface area contributed by atoms with Gasteiger partial charge in [-0.05, 0) is 44.4 Å². The average Bonchev–Trinajstić information content (AvgIpc) is 2.81. The monoisotopic (exact) mass is 249 g/mol. The van der Waals surface area contributed by atoms with E-state index in [1.54, 1.807) is 12.1 Å². The minimum absolute atomic E-state index is 0.246.